The number of nitrogens with one attached hydrogen (secondary N) is 1. The van der Waals surface area contributed by atoms with Crippen molar-refractivity contribution in [3.05, 3.63) is 83.9 Å². The van der Waals surface area contributed by atoms with E-state index in [0.717, 1.165) is 25.0 Å². The second-order valence-electron chi connectivity index (χ2n) is 9.19. The number of rotatable bonds is 5. The highest BCUT2D eigenvalue weighted by atomic mass is 32.2. The monoisotopic (exact) mass is 516 g/mol. The van der Waals surface area contributed by atoms with Crippen LogP contribution in [0.25, 0.3) is 11.1 Å². The lowest BCUT2D eigenvalue weighted by Gasteiger charge is -2.39. The lowest BCUT2D eigenvalue weighted by Crippen LogP contribution is -2.50. The van der Waals surface area contributed by atoms with Crippen molar-refractivity contribution in [1.82, 2.24) is 4.72 Å². The average Bonchev–Trinajstić information content (AvgIpc) is 3.19. The topological polar surface area (TPSA) is 70.9 Å². The summed E-state index contributed by atoms with van der Waals surface area (Å²) in [5, 5.41) is 11.5. The standard InChI is InChI=1S/C27H27F3N2O3S/c1-31-36(34,18-15-13-17(14-16-18)35-27(28,29)30)32-24-12-6-11-23(26(24)33)25-21-9-4-2-7-19(21)20-8-3-5-10-22(20)25/h2-5,7-10,13-16,23-26,33H,6,11-12H2,1H3,(H,31,32,34). The van der Waals surface area contributed by atoms with E-state index in [2.05, 4.69) is 38.1 Å². The van der Waals surface area contributed by atoms with Crippen LogP contribution in [0.4, 0.5) is 13.2 Å². The largest absolute Gasteiger partial charge is 0.573 e. The summed E-state index contributed by atoms with van der Waals surface area (Å²) < 4.78 is 62.3. The Morgan fingerprint density at radius 1 is 0.944 bits per heavy atom. The molecule has 5 rings (SSSR count). The average molecular weight is 517 g/mol. The van der Waals surface area contributed by atoms with E-state index < -0.39 is 34.2 Å². The molecule has 3 aromatic carbocycles. The van der Waals surface area contributed by atoms with Crippen molar-refractivity contribution in [2.75, 3.05) is 7.05 Å². The quantitative estimate of drug-likeness (QED) is 0.444. The summed E-state index contributed by atoms with van der Waals surface area (Å²) in [6.45, 7) is 0. The summed E-state index contributed by atoms with van der Waals surface area (Å²) in [6, 6.07) is 20.8. The molecule has 4 atom stereocenters. The maximum Gasteiger partial charge on any atom is 0.573 e. The number of nitrogens with zero attached hydrogens (tertiary/aromatic N) is 1. The Labute approximate surface area is 208 Å². The Bertz CT molecular complexity index is 1320. The molecule has 0 radical (unpaired) electrons. The van der Waals surface area contributed by atoms with Crippen LogP contribution < -0.4 is 9.46 Å². The van der Waals surface area contributed by atoms with E-state index in [1.165, 1.54) is 41.4 Å². The summed E-state index contributed by atoms with van der Waals surface area (Å²) in [5.74, 6) is -0.477. The van der Waals surface area contributed by atoms with Gasteiger partial charge in [0.2, 0.25) is 0 Å². The zero-order valence-corrected chi connectivity index (χ0v) is 20.4. The summed E-state index contributed by atoms with van der Waals surface area (Å²) in [5.41, 5.74) is 4.72. The van der Waals surface area contributed by atoms with Crippen molar-refractivity contribution in [2.24, 2.45) is 10.3 Å². The fourth-order valence-electron chi connectivity index (χ4n) is 5.62. The molecule has 2 aliphatic carbocycles. The molecule has 0 spiro atoms. The number of aliphatic hydroxyl groups excluding tert-OH is 1. The van der Waals surface area contributed by atoms with E-state index in [1.807, 2.05) is 24.3 Å². The molecule has 9 heteroatoms. The molecule has 36 heavy (non-hydrogen) atoms. The first-order chi connectivity index (χ1) is 17.2. The summed E-state index contributed by atoms with van der Waals surface area (Å²) >= 11 is 0. The zero-order chi connectivity index (χ0) is 25.5. The van der Waals surface area contributed by atoms with Gasteiger partial charge in [0.25, 0.3) is 0 Å². The molecule has 0 aliphatic heterocycles. The van der Waals surface area contributed by atoms with Crippen LogP contribution >= 0.6 is 0 Å². The van der Waals surface area contributed by atoms with Gasteiger partial charge in [0, 0.05) is 19.0 Å². The van der Waals surface area contributed by atoms with Crippen molar-refractivity contribution < 1.29 is 27.2 Å². The van der Waals surface area contributed by atoms with Gasteiger partial charge in [-0.3, -0.25) is 0 Å². The van der Waals surface area contributed by atoms with Gasteiger partial charge in [-0.2, -0.15) is 0 Å². The molecule has 2 aliphatic rings. The molecule has 3 aromatic rings. The highest BCUT2D eigenvalue weighted by Crippen LogP contribution is 2.51. The van der Waals surface area contributed by atoms with Gasteiger partial charge < -0.3 is 9.84 Å². The second kappa shape index (κ2) is 9.53. The van der Waals surface area contributed by atoms with Crippen molar-refractivity contribution in [3.63, 3.8) is 0 Å². The minimum Gasteiger partial charge on any atom is -0.406 e. The van der Waals surface area contributed by atoms with E-state index >= 15 is 0 Å². The van der Waals surface area contributed by atoms with Gasteiger partial charge in [-0.25, -0.2) is 13.3 Å². The highest BCUT2D eigenvalue weighted by Gasteiger charge is 2.42. The number of hydrogen-bond acceptors (Lipinski definition) is 4. The smallest absolute Gasteiger partial charge is 0.406 e. The first kappa shape index (κ1) is 24.8. The maximum atomic E-state index is 13.7. The van der Waals surface area contributed by atoms with Crippen LogP contribution in [0.2, 0.25) is 0 Å². The molecule has 1 fully saturated rings. The molecule has 0 bridgehead atoms. The SMILES string of the molecule is CN=S(=O)(NC1CCCC(C2c3ccccc3-c3ccccc32)C1O)c1ccc(OC(F)(F)F)cc1. The third kappa shape index (κ3) is 4.63. The predicted molar refractivity (Wildman–Crippen MR) is 132 cm³/mol. The molecule has 1 saturated carbocycles. The van der Waals surface area contributed by atoms with E-state index in [0.29, 0.717) is 6.42 Å². The number of alkyl halides is 3. The maximum absolute atomic E-state index is 13.7. The number of benzene rings is 3. The number of aliphatic hydroxyl groups is 1. The van der Waals surface area contributed by atoms with Crippen molar-refractivity contribution in [2.45, 2.75) is 48.6 Å². The van der Waals surface area contributed by atoms with Gasteiger partial charge in [-0.1, -0.05) is 55.0 Å². The van der Waals surface area contributed by atoms with Crippen molar-refractivity contribution in [1.29, 1.82) is 0 Å². The summed E-state index contributed by atoms with van der Waals surface area (Å²) in [6.07, 6.45) is -3.35. The van der Waals surface area contributed by atoms with Gasteiger partial charge in [-0.15, -0.1) is 13.2 Å². The molecule has 0 amide bonds. The van der Waals surface area contributed by atoms with Gasteiger partial charge in [0.05, 0.1) is 11.0 Å². The third-order valence-electron chi connectivity index (χ3n) is 7.16. The van der Waals surface area contributed by atoms with Gasteiger partial charge >= 0.3 is 6.36 Å². The van der Waals surface area contributed by atoms with E-state index in [9.17, 15) is 22.5 Å². The number of hydrogen-bond donors (Lipinski definition) is 2. The number of fused-ring (bicyclic) bond motifs is 3. The van der Waals surface area contributed by atoms with Crippen molar-refractivity contribution >= 4 is 9.92 Å². The summed E-state index contributed by atoms with van der Waals surface area (Å²) in [4.78, 5) is 0.227. The highest BCUT2D eigenvalue weighted by molar-refractivity contribution is 7.91. The lowest BCUT2D eigenvalue weighted by molar-refractivity contribution is -0.274. The third-order valence-corrected chi connectivity index (χ3v) is 9.21. The number of halogens is 3. The fraction of sp³-hybridized carbons (Fsp3) is 0.333. The van der Waals surface area contributed by atoms with E-state index in [4.69, 9.17) is 0 Å². The van der Waals surface area contributed by atoms with Crippen LogP contribution in [0.1, 0.15) is 36.3 Å². The second-order valence-corrected chi connectivity index (χ2v) is 11.3. The Hall–Kier alpha value is -2.88. The molecule has 190 valence electrons. The van der Waals surface area contributed by atoms with Gasteiger partial charge in [-0.05, 0) is 65.3 Å². The Balaban J connectivity index is 1.41. The number of ether oxygens (including phenoxy) is 1. The molecule has 5 nitrogen and oxygen atoms in total. The lowest BCUT2D eigenvalue weighted by atomic mass is 9.72. The molecule has 0 aromatic heterocycles. The van der Waals surface area contributed by atoms with Crippen LogP contribution in [-0.4, -0.2) is 34.9 Å². The molecular weight excluding hydrogens is 489 g/mol. The van der Waals surface area contributed by atoms with Crippen LogP contribution in [0.5, 0.6) is 5.75 Å². The van der Waals surface area contributed by atoms with Crippen LogP contribution in [-0.2, 0) is 9.92 Å². The van der Waals surface area contributed by atoms with Crippen LogP contribution in [0.15, 0.2) is 82.1 Å². The molecule has 4 unspecified atom stereocenters. The Kier molecular flexibility index (Phi) is 6.57. The fourth-order valence-corrected chi connectivity index (χ4v) is 7.24. The minimum atomic E-state index is -4.81. The zero-order valence-electron chi connectivity index (χ0n) is 19.6. The minimum absolute atomic E-state index is 0.0189. The molecule has 0 heterocycles. The Morgan fingerprint density at radius 2 is 1.53 bits per heavy atom. The normalized spacial score (nSPS) is 23.4. The van der Waals surface area contributed by atoms with E-state index in [-0.39, 0.29) is 16.7 Å². The van der Waals surface area contributed by atoms with Crippen LogP contribution in [0, 0.1) is 5.92 Å². The molecule has 0 saturated heterocycles. The predicted octanol–water partition coefficient (Wildman–Crippen LogP) is 5.89. The summed E-state index contributed by atoms with van der Waals surface area (Å²) in [7, 11) is -1.79. The Morgan fingerprint density at radius 3 is 2.08 bits per heavy atom. The molecular formula is C27H27F3N2O3S. The van der Waals surface area contributed by atoms with Crippen molar-refractivity contribution in [3.8, 4) is 16.9 Å². The first-order valence-corrected chi connectivity index (χ1v) is 13.4. The molecule has 2 N–H and O–H groups in total. The van der Waals surface area contributed by atoms with Gasteiger partial charge in [0.1, 0.15) is 15.7 Å². The van der Waals surface area contributed by atoms with Gasteiger partial charge in [0.15, 0.2) is 0 Å². The first-order valence-electron chi connectivity index (χ1n) is 11.8. The van der Waals surface area contributed by atoms with E-state index in [1.54, 1.807) is 0 Å². The van der Waals surface area contributed by atoms with Crippen LogP contribution in [0.3, 0.4) is 0 Å².